The van der Waals surface area contributed by atoms with Crippen molar-refractivity contribution in [2.75, 3.05) is 51.1 Å². The van der Waals surface area contributed by atoms with Gasteiger partial charge in [0.15, 0.2) is 5.96 Å². The Morgan fingerprint density at radius 2 is 1.77 bits per heavy atom. The molecule has 7 nitrogen and oxygen atoms in total. The standard InChI is InChI=1S/C24H31N5O2/c1-2-25-24(26-19-23(31)27-21-10-12-22(30)13-11-21)29-17-15-28(16-18-29)14-6-9-20-7-4-3-5-8-20/h3-13,30H,2,14-19H2,1H3,(H,25,26)(H,27,31)/b9-6+. The number of anilines is 1. The van der Waals surface area contributed by atoms with E-state index in [9.17, 15) is 9.90 Å². The number of hydrogen-bond acceptors (Lipinski definition) is 4. The molecule has 1 saturated heterocycles. The van der Waals surface area contributed by atoms with Crippen molar-refractivity contribution >= 4 is 23.6 Å². The Morgan fingerprint density at radius 1 is 1.06 bits per heavy atom. The van der Waals surface area contributed by atoms with Crippen LogP contribution in [0.1, 0.15) is 12.5 Å². The summed E-state index contributed by atoms with van der Waals surface area (Å²) in [5.74, 6) is 0.744. The van der Waals surface area contributed by atoms with Crippen molar-refractivity contribution in [1.82, 2.24) is 15.1 Å². The number of nitrogens with zero attached hydrogens (tertiary/aromatic N) is 3. The van der Waals surface area contributed by atoms with E-state index in [0.717, 1.165) is 45.2 Å². The molecular weight excluding hydrogens is 390 g/mol. The van der Waals surface area contributed by atoms with Crippen LogP contribution >= 0.6 is 0 Å². The molecule has 0 spiro atoms. The predicted molar refractivity (Wildman–Crippen MR) is 126 cm³/mol. The highest BCUT2D eigenvalue weighted by atomic mass is 16.3. The van der Waals surface area contributed by atoms with E-state index < -0.39 is 0 Å². The zero-order valence-corrected chi connectivity index (χ0v) is 18.0. The molecule has 0 saturated carbocycles. The summed E-state index contributed by atoms with van der Waals surface area (Å²) in [6.07, 6.45) is 4.36. The van der Waals surface area contributed by atoms with Crippen LogP contribution in [0.25, 0.3) is 6.08 Å². The summed E-state index contributed by atoms with van der Waals surface area (Å²) in [6, 6.07) is 16.7. The number of carbonyl (C=O) groups is 1. The zero-order valence-electron chi connectivity index (χ0n) is 18.0. The Morgan fingerprint density at radius 3 is 2.45 bits per heavy atom. The maximum absolute atomic E-state index is 12.2. The number of aromatic hydroxyl groups is 1. The fourth-order valence-corrected chi connectivity index (χ4v) is 3.36. The molecule has 0 aliphatic carbocycles. The smallest absolute Gasteiger partial charge is 0.246 e. The van der Waals surface area contributed by atoms with E-state index in [2.05, 4.69) is 49.7 Å². The van der Waals surface area contributed by atoms with Crippen molar-refractivity contribution in [3.8, 4) is 5.75 Å². The Kier molecular flexibility index (Phi) is 8.48. The first-order valence-electron chi connectivity index (χ1n) is 10.7. The maximum Gasteiger partial charge on any atom is 0.246 e. The number of carbonyl (C=O) groups excluding carboxylic acids is 1. The molecule has 31 heavy (non-hydrogen) atoms. The van der Waals surface area contributed by atoms with Crippen molar-refractivity contribution < 1.29 is 9.90 Å². The first-order chi connectivity index (χ1) is 15.1. The molecule has 0 aromatic heterocycles. The Bertz CT molecular complexity index is 873. The Balaban J connectivity index is 1.47. The molecule has 164 valence electrons. The topological polar surface area (TPSA) is 80.2 Å². The van der Waals surface area contributed by atoms with E-state index in [-0.39, 0.29) is 18.2 Å². The van der Waals surface area contributed by atoms with Crippen LogP contribution in [0.15, 0.2) is 65.7 Å². The van der Waals surface area contributed by atoms with Crippen LogP contribution in [0.2, 0.25) is 0 Å². The van der Waals surface area contributed by atoms with Gasteiger partial charge in [0.25, 0.3) is 0 Å². The van der Waals surface area contributed by atoms with Crippen LogP contribution in [-0.2, 0) is 4.79 Å². The molecule has 1 aliphatic rings. The minimum Gasteiger partial charge on any atom is -0.508 e. The number of rotatable bonds is 7. The van der Waals surface area contributed by atoms with Crippen LogP contribution in [0.3, 0.4) is 0 Å². The van der Waals surface area contributed by atoms with E-state index in [1.165, 1.54) is 17.7 Å². The van der Waals surface area contributed by atoms with Gasteiger partial charge in [-0.15, -0.1) is 0 Å². The van der Waals surface area contributed by atoms with Crippen molar-refractivity contribution in [3.63, 3.8) is 0 Å². The molecule has 0 unspecified atom stereocenters. The number of phenols is 1. The third-order valence-electron chi connectivity index (χ3n) is 5.00. The molecule has 2 aromatic carbocycles. The lowest BCUT2D eigenvalue weighted by atomic mass is 10.2. The first-order valence-corrected chi connectivity index (χ1v) is 10.7. The third kappa shape index (κ3) is 7.46. The zero-order chi connectivity index (χ0) is 21.9. The quantitative estimate of drug-likeness (QED) is 0.364. The molecule has 2 aromatic rings. The SMILES string of the molecule is CCNC(=NCC(=O)Nc1ccc(O)cc1)N1CCN(C/C=C/c2ccccc2)CC1. The van der Waals surface area contributed by atoms with E-state index in [4.69, 9.17) is 0 Å². The number of hydrogen-bond donors (Lipinski definition) is 3. The molecule has 0 bridgehead atoms. The fourth-order valence-electron chi connectivity index (χ4n) is 3.36. The normalized spacial score (nSPS) is 15.3. The highest BCUT2D eigenvalue weighted by Gasteiger charge is 2.19. The lowest BCUT2D eigenvalue weighted by Crippen LogP contribution is -2.52. The summed E-state index contributed by atoms with van der Waals surface area (Å²) in [7, 11) is 0. The Hall–Kier alpha value is -3.32. The minimum absolute atomic E-state index is 0.0449. The second kappa shape index (κ2) is 11.8. The number of piperazine rings is 1. The second-order valence-corrected chi connectivity index (χ2v) is 7.37. The third-order valence-corrected chi connectivity index (χ3v) is 5.00. The van der Waals surface area contributed by atoms with Gasteiger partial charge in [0, 0.05) is 45.0 Å². The summed E-state index contributed by atoms with van der Waals surface area (Å²) in [6.45, 7) is 7.37. The summed E-state index contributed by atoms with van der Waals surface area (Å²) >= 11 is 0. The molecule has 0 atom stereocenters. The fraction of sp³-hybridized carbons (Fsp3) is 0.333. The summed E-state index contributed by atoms with van der Waals surface area (Å²) in [5.41, 5.74) is 1.86. The maximum atomic E-state index is 12.2. The average molecular weight is 422 g/mol. The lowest BCUT2D eigenvalue weighted by Gasteiger charge is -2.36. The van der Waals surface area contributed by atoms with Crippen LogP contribution in [0.4, 0.5) is 5.69 Å². The highest BCUT2D eigenvalue weighted by molar-refractivity contribution is 5.94. The van der Waals surface area contributed by atoms with Crippen molar-refractivity contribution in [2.24, 2.45) is 4.99 Å². The van der Waals surface area contributed by atoms with Gasteiger partial charge in [-0.1, -0.05) is 42.5 Å². The van der Waals surface area contributed by atoms with Crippen LogP contribution in [0.5, 0.6) is 5.75 Å². The molecule has 0 radical (unpaired) electrons. The predicted octanol–water partition coefficient (Wildman–Crippen LogP) is 2.63. The summed E-state index contributed by atoms with van der Waals surface area (Å²) in [5, 5.41) is 15.4. The van der Waals surface area contributed by atoms with Crippen LogP contribution in [-0.4, -0.2) is 72.6 Å². The first kappa shape index (κ1) is 22.4. The van der Waals surface area contributed by atoms with Crippen molar-refractivity contribution in [1.29, 1.82) is 0 Å². The Labute approximate surface area is 184 Å². The molecular formula is C24H31N5O2. The number of guanidine groups is 1. The van der Waals surface area contributed by atoms with E-state index in [0.29, 0.717) is 5.69 Å². The summed E-state index contributed by atoms with van der Waals surface area (Å²) in [4.78, 5) is 21.4. The largest absolute Gasteiger partial charge is 0.508 e. The van der Waals surface area contributed by atoms with Crippen molar-refractivity contribution in [3.05, 3.63) is 66.2 Å². The average Bonchev–Trinajstić information content (AvgIpc) is 2.79. The van der Waals surface area contributed by atoms with E-state index in [1.807, 2.05) is 25.1 Å². The van der Waals surface area contributed by atoms with Crippen LogP contribution < -0.4 is 10.6 Å². The van der Waals surface area contributed by atoms with Crippen LogP contribution in [0, 0.1) is 0 Å². The van der Waals surface area contributed by atoms with Gasteiger partial charge >= 0.3 is 0 Å². The molecule has 3 rings (SSSR count). The molecule has 7 heteroatoms. The van der Waals surface area contributed by atoms with E-state index in [1.54, 1.807) is 12.1 Å². The van der Waals surface area contributed by atoms with Gasteiger partial charge in [-0.05, 0) is 36.8 Å². The van der Waals surface area contributed by atoms with Gasteiger partial charge in [-0.2, -0.15) is 0 Å². The second-order valence-electron chi connectivity index (χ2n) is 7.37. The summed E-state index contributed by atoms with van der Waals surface area (Å²) < 4.78 is 0. The molecule has 1 heterocycles. The van der Waals surface area contributed by atoms with Gasteiger partial charge in [0.2, 0.25) is 5.91 Å². The monoisotopic (exact) mass is 421 g/mol. The van der Waals surface area contributed by atoms with Crippen molar-refractivity contribution in [2.45, 2.75) is 6.92 Å². The van der Waals surface area contributed by atoms with Gasteiger partial charge in [0.1, 0.15) is 12.3 Å². The molecule has 1 amide bonds. The number of aliphatic imine (C=N–C) groups is 1. The number of phenolic OH excluding ortho intramolecular Hbond substituents is 1. The van der Waals surface area contributed by atoms with Gasteiger partial charge < -0.3 is 20.6 Å². The van der Waals surface area contributed by atoms with E-state index >= 15 is 0 Å². The van der Waals surface area contributed by atoms with Gasteiger partial charge in [-0.3, -0.25) is 9.69 Å². The van der Waals surface area contributed by atoms with Gasteiger partial charge in [0.05, 0.1) is 0 Å². The number of nitrogens with one attached hydrogen (secondary N) is 2. The van der Waals surface area contributed by atoms with Gasteiger partial charge in [-0.25, -0.2) is 4.99 Å². The highest BCUT2D eigenvalue weighted by Crippen LogP contribution is 2.13. The lowest BCUT2D eigenvalue weighted by molar-refractivity contribution is -0.114. The molecule has 1 fully saturated rings. The molecule has 3 N–H and O–H groups in total. The molecule has 1 aliphatic heterocycles. The number of benzene rings is 2. The minimum atomic E-state index is -0.189. The number of amides is 1.